The van der Waals surface area contributed by atoms with Crippen molar-refractivity contribution in [2.24, 2.45) is 0 Å². The van der Waals surface area contributed by atoms with Gasteiger partial charge in [-0.05, 0) is 18.1 Å². The Hall–Kier alpha value is 0.130. The fourth-order valence-electron chi connectivity index (χ4n) is 1.23. The van der Waals surface area contributed by atoms with Crippen LogP contribution in [0.3, 0.4) is 0 Å². The summed E-state index contributed by atoms with van der Waals surface area (Å²) in [4.78, 5) is 0.0249. The number of hydrogen-bond acceptors (Lipinski definition) is 2. The molecular formula is C9H12NaO3S. The third-order valence-corrected chi connectivity index (χ3v) is 2.72. The molecule has 0 saturated heterocycles. The van der Waals surface area contributed by atoms with Gasteiger partial charge >= 0.3 is 0 Å². The zero-order valence-corrected chi connectivity index (χ0v) is 11.2. The van der Waals surface area contributed by atoms with Crippen LogP contribution in [0.25, 0.3) is 0 Å². The fraction of sp³-hybridized carbons (Fsp3) is 0.333. The van der Waals surface area contributed by atoms with Crippen molar-refractivity contribution in [1.82, 2.24) is 0 Å². The monoisotopic (exact) mass is 223 g/mol. The van der Waals surface area contributed by atoms with Crippen LogP contribution < -0.4 is 0 Å². The maximum Gasteiger partial charge on any atom is 0.294 e. The Bertz CT molecular complexity index is 387. The topological polar surface area (TPSA) is 54.4 Å². The SMILES string of the molecule is CCCc1ccccc1S(=O)(=O)O.[Na]. The Morgan fingerprint density at radius 3 is 2.36 bits per heavy atom. The molecule has 14 heavy (non-hydrogen) atoms. The van der Waals surface area contributed by atoms with Gasteiger partial charge in [0.25, 0.3) is 10.1 Å². The van der Waals surface area contributed by atoms with Crippen molar-refractivity contribution in [2.75, 3.05) is 0 Å². The largest absolute Gasteiger partial charge is 0.294 e. The zero-order valence-electron chi connectivity index (χ0n) is 8.40. The van der Waals surface area contributed by atoms with Crippen LogP contribution in [0.5, 0.6) is 0 Å². The van der Waals surface area contributed by atoms with Gasteiger partial charge in [0.2, 0.25) is 0 Å². The van der Waals surface area contributed by atoms with E-state index >= 15 is 0 Å². The van der Waals surface area contributed by atoms with Crippen LogP contribution in [-0.2, 0) is 16.5 Å². The zero-order chi connectivity index (χ0) is 9.90. The molecule has 1 N–H and O–H groups in total. The van der Waals surface area contributed by atoms with Gasteiger partial charge < -0.3 is 0 Å². The molecule has 0 saturated carbocycles. The number of benzene rings is 1. The normalized spacial score (nSPS) is 10.7. The summed E-state index contributed by atoms with van der Waals surface area (Å²) in [5, 5.41) is 0. The third kappa shape index (κ3) is 3.71. The number of rotatable bonds is 3. The second kappa shape index (κ2) is 5.88. The minimum atomic E-state index is -4.06. The molecule has 0 amide bonds. The maximum absolute atomic E-state index is 10.9. The molecule has 0 spiro atoms. The van der Waals surface area contributed by atoms with E-state index in [1.165, 1.54) is 6.07 Å². The summed E-state index contributed by atoms with van der Waals surface area (Å²) >= 11 is 0. The van der Waals surface area contributed by atoms with E-state index < -0.39 is 10.1 Å². The van der Waals surface area contributed by atoms with Gasteiger partial charge in [-0.25, -0.2) is 0 Å². The van der Waals surface area contributed by atoms with E-state index in [0.29, 0.717) is 12.0 Å². The average molecular weight is 223 g/mol. The quantitative estimate of drug-likeness (QED) is 0.624. The molecule has 5 heteroatoms. The Morgan fingerprint density at radius 1 is 1.29 bits per heavy atom. The molecule has 0 unspecified atom stereocenters. The second-order valence-corrected chi connectivity index (χ2v) is 4.22. The van der Waals surface area contributed by atoms with Gasteiger partial charge in [0.05, 0.1) is 4.90 Å². The van der Waals surface area contributed by atoms with Crippen molar-refractivity contribution >= 4 is 39.7 Å². The predicted octanol–water partition coefficient (Wildman–Crippen LogP) is 1.51. The maximum atomic E-state index is 10.9. The molecule has 73 valence electrons. The second-order valence-electron chi connectivity index (χ2n) is 2.83. The van der Waals surface area contributed by atoms with Crippen LogP contribution in [0, 0.1) is 0 Å². The smallest absolute Gasteiger partial charge is 0.282 e. The van der Waals surface area contributed by atoms with Crippen LogP contribution in [-0.4, -0.2) is 42.5 Å². The molecule has 0 aromatic heterocycles. The molecule has 0 atom stereocenters. The van der Waals surface area contributed by atoms with Crippen molar-refractivity contribution in [1.29, 1.82) is 0 Å². The summed E-state index contributed by atoms with van der Waals surface area (Å²) in [6.07, 6.45) is 1.52. The molecular weight excluding hydrogens is 211 g/mol. The van der Waals surface area contributed by atoms with E-state index in [4.69, 9.17) is 4.55 Å². The van der Waals surface area contributed by atoms with E-state index in [-0.39, 0.29) is 34.5 Å². The predicted molar refractivity (Wildman–Crippen MR) is 56.0 cm³/mol. The average Bonchev–Trinajstić information content (AvgIpc) is 2.04. The van der Waals surface area contributed by atoms with E-state index in [0.717, 1.165) is 6.42 Å². The van der Waals surface area contributed by atoms with Gasteiger partial charge in [-0.1, -0.05) is 31.5 Å². The molecule has 3 nitrogen and oxygen atoms in total. The standard InChI is InChI=1S/C9H12O3S.Na/c1-2-5-8-6-3-4-7-9(8)13(10,11)12;/h3-4,6-7H,2,5H2,1H3,(H,10,11,12);. The molecule has 0 fully saturated rings. The first-order chi connectivity index (χ1) is 6.05. The molecule has 0 bridgehead atoms. The van der Waals surface area contributed by atoms with Gasteiger partial charge in [-0.2, -0.15) is 8.42 Å². The summed E-state index contributed by atoms with van der Waals surface area (Å²) in [5.41, 5.74) is 0.674. The fourth-order valence-corrected chi connectivity index (χ4v) is 1.98. The van der Waals surface area contributed by atoms with E-state index in [2.05, 4.69) is 0 Å². The van der Waals surface area contributed by atoms with Gasteiger partial charge in [-0.3, -0.25) is 4.55 Å². The van der Waals surface area contributed by atoms with Crippen LogP contribution in [0.4, 0.5) is 0 Å². The molecule has 0 aliphatic rings. The van der Waals surface area contributed by atoms with E-state index in [9.17, 15) is 8.42 Å². The molecule has 1 aromatic rings. The minimum Gasteiger partial charge on any atom is -0.282 e. The molecule has 0 aliphatic carbocycles. The van der Waals surface area contributed by atoms with Gasteiger partial charge in [0.15, 0.2) is 0 Å². The van der Waals surface area contributed by atoms with Crippen LogP contribution in [0.15, 0.2) is 29.2 Å². The van der Waals surface area contributed by atoms with Crippen molar-refractivity contribution < 1.29 is 13.0 Å². The van der Waals surface area contributed by atoms with Gasteiger partial charge in [-0.15, -0.1) is 0 Å². The van der Waals surface area contributed by atoms with Crippen molar-refractivity contribution in [3.8, 4) is 0 Å². The molecule has 1 rings (SSSR count). The van der Waals surface area contributed by atoms with Crippen molar-refractivity contribution in [2.45, 2.75) is 24.7 Å². The Balaban J connectivity index is 0.00000169. The first-order valence-electron chi connectivity index (χ1n) is 4.11. The minimum absolute atomic E-state index is 0. The van der Waals surface area contributed by atoms with Crippen molar-refractivity contribution in [3.63, 3.8) is 0 Å². The van der Waals surface area contributed by atoms with Crippen LogP contribution in [0.1, 0.15) is 18.9 Å². The molecule has 0 aliphatic heterocycles. The number of hydrogen-bond donors (Lipinski definition) is 1. The molecule has 1 aromatic carbocycles. The van der Waals surface area contributed by atoms with Gasteiger partial charge in [0.1, 0.15) is 0 Å². The first kappa shape index (κ1) is 14.1. The third-order valence-electron chi connectivity index (χ3n) is 1.77. The summed E-state index contributed by atoms with van der Waals surface area (Å²) < 4.78 is 30.6. The van der Waals surface area contributed by atoms with E-state index in [1.807, 2.05) is 6.92 Å². The van der Waals surface area contributed by atoms with E-state index in [1.54, 1.807) is 18.2 Å². The Labute approximate surface area is 107 Å². The molecule has 1 radical (unpaired) electrons. The first-order valence-corrected chi connectivity index (χ1v) is 5.55. The summed E-state index contributed by atoms with van der Waals surface area (Å²) in [6.45, 7) is 1.96. The van der Waals surface area contributed by atoms with Gasteiger partial charge in [0, 0.05) is 29.6 Å². The Morgan fingerprint density at radius 2 is 1.86 bits per heavy atom. The van der Waals surface area contributed by atoms with Crippen LogP contribution in [0.2, 0.25) is 0 Å². The number of aryl methyl sites for hydroxylation is 1. The van der Waals surface area contributed by atoms with Crippen LogP contribution >= 0.6 is 0 Å². The summed E-state index contributed by atoms with van der Waals surface area (Å²) in [5.74, 6) is 0. The summed E-state index contributed by atoms with van der Waals surface area (Å²) in [7, 11) is -4.06. The summed E-state index contributed by atoms with van der Waals surface area (Å²) in [6, 6.07) is 6.49. The molecule has 0 heterocycles. The van der Waals surface area contributed by atoms with Crippen molar-refractivity contribution in [3.05, 3.63) is 29.8 Å². The Kier molecular flexibility index (Phi) is 5.93.